The van der Waals surface area contributed by atoms with Crippen LogP contribution >= 0.6 is 0 Å². The van der Waals surface area contributed by atoms with Crippen LogP contribution in [0.4, 0.5) is 4.79 Å². The maximum Gasteiger partial charge on any atom is 0.410 e. The van der Waals surface area contributed by atoms with Gasteiger partial charge in [0.15, 0.2) is 0 Å². The summed E-state index contributed by atoms with van der Waals surface area (Å²) in [5.41, 5.74) is 0.721. The van der Waals surface area contributed by atoms with Gasteiger partial charge in [-0.25, -0.2) is 27.5 Å². The maximum absolute atomic E-state index is 12.1. The molecule has 1 aromatic rings. The summed E-state index contributed by atoms with van der Waals surface area (Å²) in [6.07, 6.45) is 5.56. The van der Waals surface area contributed by atoms with Crippen molar-refractivity contribution in [3.8, 4) is 11.8 Å². The second kappa shape index (κ2) is 10.7. The maximum atomic E-state index is 12.1. The first kappa shape index (κ1) is 24.5. The molecular formula is C21H34N4O6S. The van der Waals surface area contributed by atoms with Crippen LogP contribution in [0.1, 0.15) is 51.5 Å². The van der Waals surface area contributed by atoms with Crippen molar-refractivity contribution in [3.63, 3.8) is 0 Å². The first-order valence-electron chi connectivity index (χ1n) is 11.2. The van der Waals surface area contributed by atoms with Gasteiger partial charge in [0.2, 0.25) is 21.8 Å². The molecule has 180 valence electrons. The summed E-state index contributed by atoms with van der Waals surface area (Å²) in [5, 5.41) is 0. The highest BCUT2D eigenvalue weighted by molar-refractivity contribution is 7.88. The Balaban J connectivity index is 1.55. The molecule has 2 aliphatic heterocycles. The van der Waals surface area contributed by atoms with E-state index < -0.39 is 10.0 Å². The fourth-order valence-corrected chi connectivity index (χ4v) is 4.79. The number of hydrogen-bond acceptors (Lipinski definition) is 8. The Bertz CT molecular complexity index is 886. The predicted octanol–water partition coefficient (Wildman–Crippen LogP) is 2.37. The van der Waals surface area contributed by atoms with Crippen molar-refractivity contribution in [1.29, 1.82) is 0 Å². The molecule has 1 amide bonds. The van der Waals surface area contributed by atoms with Gasteiger partial charge < -0.3 is 19.1 Å². The molecule has 0 spiro atoms. The van der Waals surface area contributed by atoms with E-state index in [2.05, 4.69) is 9.97 Å². The lowest BCUT2D eigenvalue weighted by molar-refractivity contribution is 0.0504. The number of piperidine rings is 1. The lowest BCUT2D eigenvalue weighted by Gasteiger charge is -2.32. The summed E-state index contributed by atoms with van der Waals surface area (Å²) in [6.45, 7) is 7.63. The number of aromatic nitrogens is 2. The zero-order chi connectivity index (χ0) is 23.3. The number of hydrogen-bond donors (Lipinski definition) is 0. The average molecular weight is 471 g/mol. The van der Waals surface area contributed by atoms with E-state index in [0.717, 1.165) is 18.4 Å². The zero-order valence-corrected chi connectivity index (χ0v) is 20.1. The number of nitrogens with zero attached hydrogens (tertiary/aromatic N) is 4. The second-order valence-electron chi connectivity index (χ2n) is 8.68. The van der Waals surface area contributed by atoms with Crippen LogP contribution < -0.4 is 9.47 Å². The first-order chi connectivity index (χ1) is 15.1. The van der Waals surface area contributed by atoms with E-state index in [1.807, 2.05) is 20.8 Å². The fourth-order valence-electron chi connectivity index (χ4n) is 3.89. The lowest BCUT2D eigenvalue weighted by atomic mass is 10.1. The van der Waals surface area contributed by atoms with E-state index in [1.54, 1.807) is 4.90 Å². The first-order valence-corrected chi connectivity index (χ1v) is 13.0. The van der Waals surface area contributed by atoms with E-state index >= 15 is 0 Å². The Labute approximate surface area is 190 Å². The average Bonchev–Trinajstić information content (AvgIpc) is 2.97. The molecule has 3 heterocycles. The second-order valence-corrected chi connectivity index (χ2v) is 10.7. The minimum atomic E-state index is -3.19. The normalized spacial score (nSPS) is 21.3. The molecule has 11 heteroatoms. The largest absolute Gasteiger partial charge is 0.474 e. The molecule has 0 N–H and O–H groups in total. The summed E-state index contributed by atoms with van der Waals surface area (Å²) in [7, 11) is -3.19. The van der Waals surface area contributed by atoms with Gasteiger partial charge in [-0.2, -0.15) is 0 Å². The summed E-state index contributed by atoms with van der Waals surface area (Å²) in [5.74, 6) is 0.940. The molecular weight excluding hydrogens is 436 g/mol. The zero-order valence-electron chi connectivity index (χ0n) is 19.3. The molecule has 0 saturated carbocycles. The molecule has 0 aromatic carbocycles. The van der Waals surface area contributed by atoms with Crippen molar-refractivity contribution >= 4 is 16.1 Å². The third kappa shape index (κ3) is 6.68. The van der Waals surface area contributed by atoms with Gasteiger partial charge in [0.25, 0.3) is 0 Å². The third-order valence-corrected chi connectivity index (χ3v) is 6.99. The molecule has 10 nitrogen and oxygen atoms in total. The van der Waals surface area contributed by atoms with Crippen LogP contribution in [0.2, 0.25) is 0 Å². The number of carbonyl (C=O) groups excluding carboxylic acids is 1. The number of ether oxygens (including phenoxy) is 3. The minimum absolute atomic E-state index is 0.0549. The van der Waals surface area contributed by atoms with Gasteiger partial charge in [0.05, 0.1) is 17.9 Å². The molecule has 0 aliphatic carbocycles. The highest BCUT2D eigenvalue weighted by Gasteiger charge is 2.27. The van der Waals surface area contributed by atoms with Crippen LogP contribution in [0.5, 0.6) is 11.8 Å². The molecule has 1 unspecified atom stereocenters. The number of amides is 1. The van der Waals surface area contributed by atoms with Crippen molar-refractivity contribution in [2.45, 2.75) is 71.2 Å². The quantitative estimate of drug-likeness (QED) is 0.623. The molecule has 1 atom stereocenters. The van der Waals surface area contributed by atoms with Crippen LogP contribution in [0.15, 0.2) is 6.33 Å². The number of sulfonamides is 1. The van der Waals surface area contributed by atoms with Crippen LogP contribution in [0.3, 0.4) is 0 Å². The smallest absolute Gasteiger partial charge is 0.410 e. The predicted molar refractivity (Wildman–Crippen MR) is 118 cm³/mol. The molecule has 32 heavy (non-hydrogen) atoms. The molecule has 2 saturated heterocycles. The molecule has 0 bridgehead atoms. The monoisotopic (exact) mass is 470 g/mol. The van der Waals surface area contributed by atoms with Gasteiger partial charge >= 0.3 is 6.09 Å². The summed E-state index contributed by atoms with van der Waals surface area (Å²) in [4.78, 5) is 22.3. The van der Waals surface area contributed by atoms with Crippen LogP contribution in [-0.4, -0.2) is 84.4 Å². The summed E-state index contributed by atoms with van der Waals surface area (Å²) in [6, 6.07) is 0. The SMILES string of the molecule is Cc1c(OC2CCN(C(=O)OC(C)C)CC2)ncnc1OC1CCCN(S(C)(=O)=O)CC1. The van der Waals surface area contributed by atoms with E-state index in [4.69, 9.17) is 14.2 Å². The third-order valence-electron chi connectivity index (χ3n) is 5.69. The van der Waals surface area contributed by atoms with Crippen molar-refractivity contribution in [2.24, 2.45) is 0 Å². The van der Waals surface area contributed by atoms with Crippen molar-refractivity contribution < 1.29 is 27.4 Å². The Kier molecular flexibility index (Phi) is 8.16. The summed E-state index contributed by atoms with van der Waals surface area (Å²) < 4.78 is 42.6. The fraction of sp³-hybridized carbons (Fsp3) is 0.762. The Hall–Kier alpha value is -2.14. The van der Waals surface area contributed by atoms with Crippen molar-refractivity contribution in [2.75, 3.05) is 32.4 Å². The summed E-state index contributed by atoms with van der Waals surface area (Å²) >= 11 is 0. The Morgan fingerprint density at radius 2 is 1.56 bits per heavy atom. The molecule has 1 aromatic heterocycles. The molecule has 2 fully saturated rings. The highest BCUT2D eigenvalue weighted by Crippen LogP contribution is 2.28. The van der Waals surface area contributed by atoms with E-state index in [-0.39, 0.29) is 24.4 Å². The lowest BCUT2D eigenvalue weighted by Crippen LogP contribution is -2.42. The van der Waals surface area contributed by atoms with Gasteiger partial charge in [0, 0.05) is 39.0 Å². The van der Waals surface area contributed by atoms with E-state index in [1.165, 1.54) is 16.9 Å². The topological polar surface area (TPSA) is 111 Å². The van der Waals surface area contributed by atoms with Crippen LogP contribution in [0.25, 0.3) is 0 Å². The van der Waals surface area contributed by atoms with Crippen LogP contribution in [-0.2, 0) is 14.8 Å². The van der Waals surface area contributed by atoms with Gasteiger partial charge in [-0.15, -0.1) is 0 Å². The van der Waals surface area contributed by atoms with E-state index in [0.29, 0.717) is 57.2 Å². The van der Waals surface area contributed by atoms with E-state index in [9.17, 15) is 13.2 Å². The molecule has 0 radical (unpaired) electrons. The highest BCUT2D eigenvalue weighted by atomic mass is 32.2. The Morgan fingerprint density at radius 3 is 2.12 bits per heavy atom. The van der Waals surface area contributed by atoms with Gasteiger partial charge in [-0.3, -0.25) is 0 Å². The Morgan fingerprint density at radius 1 is 1.00 bits per heavy atom. The molecule has 3 rings (SSSR count). The minimum Gasteiger partial charge on any atom is -0.474 e. The van der Waals surface area contributed by atoms with Gasteiger partial charge in [0.1, 0.15) is 18.5 Å². The molecule has 2 aliphatic rings. The number of carbonyl (C=O) groups is 1. The number of likely N-dealkylation sites (tertiary alicyclic amines) is 1. The van der Waals surface area contributed by atoms with Crippen molar-refractivity contribution in [3.05, 3.63) is 11.9 Å². The van der Waals surface area contributed by atoms with Gasteiger partial charge in [-0.1, -0.05) is 0 Å². The van der Waals surface area contributed by atoms with Crippen molar-refractivity contribution in [1.82, 2.24) is 19.2 Å². The van der Waals surface area contributed by atoms with Gasteiger partial charge in [-0.05, 0) is 40.0 Å². The standard InChI is InChI=1S/C21H34N4O6S/c1-15(2)29-21(26)24-11-7-18(8-12-24)31-20-16(3)19(22-14-23-20)30-17-6-5-10-25(13-9-17)32(4,27)28/h14-15,17-18H,5-13H2,1-4H3. The number of rotatable bonds is 6. The van der Waals surface area contributed by atoms with Crippen LogP contribution in [0, 0.1) is 6.92 Å².